The van der Waals surface area contributed by atoms with Gasteiger partial charge in [0.25, 0.3) is 5.91 Å². The highest BCUT2D eigenvalue weighted by molar-refractivity contribution is 6.03. The first-order valence-corrected chi connectivity index (χ1v) is 13.0. The van der Waals surface area contributed by atoms with Crippen LogP contribution < -0.4 is 5.32 Å². The van der Waals surface area contributed by atoms with Crippen molar-refractivity contribution in [1.29, 1.82) is 10.8 Å². The zero-order valence-corrected chi connectivity index (χ0v) is 25.0. The summed E-state index contributed by atoms with van der Waals surface area (Å²) in [6.07, 6.45) is -0.814. The van der Waals surface area contributed by atoms with Gasteiger partial charge < -0.3 is 24.1 Å². The Morgan fingerprint density at radius 3 is 2.14 bits per heavy atom. The number of rotatable bonds is 6. The van der Waals surface area contributed by atoms with Gasteiger partial charge in [-0.1, -0.05) is 35.9 Å². The van der Waals surface area contributed by atoms with E-state index in [4.69, 9.17) is 24.7 Å². The number of benzene rings is 2. The standard InChI is InChI=1S/C23H29F2N5O5.C7H8/c1-11(28-22(32)35-23(4,5)6)19(26)34-20(27)14-8-15(17(25)9-16(14)24)21(31)30(7)10-18-12(2)33-13(3)29-18;1-7-5-3-2-4-6-7/h8-9,11,26-27H,10H2,1-7H3,(H,28,32);2-6H,1H3. The highest BCUT2D eigenvalue weighted by Crippen LogP contribution is 2.20. The van der Waals surface area contributed by atoms with Crippen molar-refractivity contribution >= 4 is 23.8 Å². The average molecular weight is 586 g/mol. The van der Waals surface area contributed by atoms with Gasteiger partial charge in [0.2, 0.25) is 11.8 Å². The molecule has 2 aromatic carbocycles. The molecule has 0 fully saturated rings. The van der Waals surface area contributed by atoms with E-state index in [2.05, 4.69) is 29.4 Å². The van der Waals surface area contributed by atoms with Crippen LogP contribution in [0.2, 0.25) is 0 Å². The van der Waals surface area contributed by atoms with Crippen LogP contribution >= 0.6 is 0 Å². The number of carbonyl (C=O) groups is 2. The molecule has 0 spiro atoms. The molecule has 0 bridgehead atoms. The maximum Gasteiger partial charge on any atom is 0.408 e. The number of hydrogen-bond acceptors (Lipinski definition) is 8. The first kappa shape index (κ1) is 33.6. The lowest BCUT2D eigenvalue weighted by molar-refractivity contribution is 0.0517. The van der Waals surface area contributed by atoms with Gasteiger partial charge in [-0.25, -0.2) is 18.6 Å². The number of carbonyl (C=O) groups excluding carboxylic acids is 2. The number of aromatic nitrogens is 1. The van der Waals surface area contributed by atoms with E-state index in [-0.39, 0.29) is 6.54 Å². The maximum atomic E-state index is 14.5. The molecule has 1 heterocycles. The van der Waals surface area contributed by atoms with E-state index in [1.807, 2.05) is 18.2 Å². The van der Waals surface area contributed by atoms with Crippen molar-refractivity contribution in [2.45, 2.75) is 66.7 Å². The van der Waals surface area contributed by atoms with Crippen molar-refractivity contribution in [3.05, 3.63) is 88.1 Å². The van der Waals surface area contributed by atoms with E-state index < -0.39 is 58.2 Å². The Morgan fingerprint density at radius 1 is 1.05 bits per heavy atom. The van der Waals surface area contributed by atoms with Gasteiger partial charge in [0.05, 0.1) is 17.7 Å². The highest BCUT2D eigenvalue weighted by Gasteiger charge is 2.25. The quantitative estimate of drug-likeness (QED) is 0.237. The van der Waals surface area contributed by atoms with Gasteiger partial charge in [-0.05, 0) is 47.6 Å². The monoisotopic (exact) mass is 585 g/mol. The molecule has 3 N–H and O–H groups in total. The summed E-state index contributed by atoms with van der Waals surface area (Å²) in [5.74, 6) is -3.58. The van der Waals surface area contributed by atoms with E-state index >= 15 is 0 Å². The second-order valence-corrected chi connectivity index (χ2v) is 10.5. The third-order valence-electron chi connectivity index (χ3n) is 5.54. The summed E-state index contributed by atoms with van der Waals surface area (Å²) in [5, 5.41) is 18.3. The molecule has 3 rings (SSSR count). The number of aryl methyl sites for hydroxylation is 3. The minimum Gasteiger partial charge on any atom is -0.446 e. The summed E-state index contributed by atoms with van der Waals surface area (Å²) in [6.45, 7) is 11.8. The van der Waals surface area contributed by atoms with Crippen LogP contribution in [0.5, 0.6) is 0 Å². The Balaban J connectivity index is 0.000000766. The van der Waals surface area contributed by atoms with Crippen molar-refractivity contribution in [3.8, 4) is 0 Å². The molecular formula is C30H37F2N5O5. The van der Waals surface area contributed by atoms with Gasteiger partial charge in [0, 0.05) is 20.0 Å². The lowest BCUT2D eigenvalue weighted by Gasteiger charge is -2.22. The molecular weight excluding hydrogens is 548 g/mol. The number of alkyl carbamates (subject to hydrolysis) is 1. The van der Waals surface area contributed by atoms with Crippen molar-refractivity contribution in [3.63, 3.8) is 0 Å². The normalized spacial score (nSPS) is 11.5. The van der Waals surface area contributed by atoms with Crippen molar-refractivity contribution in [1.82, 2.24) is 15.2 Å². The summed E-state index contributed by atoms with van der Waals surface area (Å²) in [7, 11) is 1.41. The second kappa shape index (κ2) is 14.3. The van der Waals surface area contributed by atoms with Crippen LogP contribution in [-0.2, 0) is 16.0 Å². The van der Waals surface area contributed by atoms with Gasteiger partial charge >= 0.3 is 6.09 Å². The van der Waals surface area contributed by atoms with E-state index in [0.717, 1.165) is 6.07 Å². The summed E-state index contributed by atoms with van der Waals surface area (Å²) >= 11 is 0. The Morgan fingerprint density at radius 2 is 1.64 bits per heavy atom. The Kier molecular flexibility index (Phi) is 11.5. The zero-order chi connectivity index (χ0) is 31.8. The first-order valence-electron chi connectivity index (χ1n) is 13.0. The second-order valence-electron chi connectivity index (χ2n) is 10.5. The summed E-state index contributed by atoms with van der Waals surface area (Å²) < 4.78 is 44.3. The van der Waals surface area contributed by atoms with Crippen LogP contribution in [0.1, 0.15) is 66.5 Å². The largest absolute Gasteiger partial charge is 0.446 e. The Hall–Kier alpha value is -4.61. The smallest absolute Gasteiger partial charge is 0.408 e. The Bertz CT molecular complexity index is 1430. The molecule has 10 nitrogen and oxygen atoms in total. The lowest BCUT2D eigenvalue weighted by atomic mass is 10.1. The van der Waals surface area contributed by atoms with Crippen LogP contribution in [0, 0.1) is 43.2 Å². The first-order chi connectivity index (χ1) is 19.5. The minimum absolute atomic E-state index is 0.0145. The molecule has 0 saturated carbocycles. The number of oxazole rings is 1. The molecule has 2 amide bonds. The van der Waals surface area contributed by atoms with E-state index in [1.54, 1.807) is 34.6 Å². The molecule has 0 radical (unpaired) electrons. The van der Waals surface area contributed by atoms with Crippen LogP contribution in [-0.4, -0.2) is 52.4 Å². The fraction of sp³-hybridized carbons (Fsp3) is 0.367. The molecule has 0 saturated heterocycles. The predicted molar refractivity (Wildman–Crippen MR) is 154 cm³/mol. The third-order valence-corrected chi connectivity index (χ3v) is 5.54. The molecule has 226 valence electrons. The summed E-state index contributed by atoms with van der Waals surface area (Å²) in [6, 6.07) is 10.5. The van der Waals surface area contributed by atoms with E-state index in [0.29, 0.717) is 23.4 Å². The molecule has 3 aromatic rings. The van der Waals surface area contributed by atoms with Crippen molar-refractivity contribution < 1.29 is 32.3 Å². The Labute approximate surface area is 244 Å². The summed E-state index contributed by atoms with van der Waals surface area (Å²) in [5.41, 5.74) is 0.00460. The molecule has 0 aliphatic heterocycles. The van der Waals surface area contributed by atoms with Crippen LogP contribution in [0.25, 0.3) is 0 Å². The maximum absolute atomic E-state index is 14.5. The molecule has 1 aromatic heterocycles. The topological polar surface area (TPSA) is 142 Å². The number of halogens is 2. The van der Waals surface area contributed by atoms with E-state index in [1.165, 1.54) is 24.4 Å². The van der Waals surface area contributed by atoms with Crippen molar-refractivity contribution in [2.75, 3.05) is 7.05 Å². The number of nitrogens with one attached hydrogen (secondary N) is 3. The van der Waals surface area contributed by atoms with Crippen LogP contribution in [0.4, 0.5) is 13.6 Å². The molecule has 12 heteroatoms. The predicted octanol–water partition coefficient (Wildman–Crippen LogP) is 6.07. The van der Waals surface area contributed by atoms with Gasteiger partial charge in [0.1, 0.15) is 34.7 Å². The van der Waals surface area contributed by atoms with E-state index in [9.17, 15) is 18.4 Å². The lowest BCUT2D eigenvalue weighted by Crippen LogP contribution is -2.42. The minimum atomic E-state index is -1.16. The van der Waals surface area contributed by atoms with Gasteiger partial charge in [-0.15, -0.1) is 0 Å². The molecule has 42 heavy (non-hydrogen) atoms. The molecule has 0 aliphatic rings. The zero-order valence-electron chi connectivity index (χ0n) is 25.0. The fourth-order valence-corrected chi connectivity index (χ4v) is 3.45. The SMILES string of the molecule is Cc1ccccc1.Cc1nc(CN(C)C(=O)c2cc(C(=N)OC(=N)C(C)NC(=O)OC(C)(C)C)c(F)cc2F)c(C)o1. The number of nitrogens with zero attached hydrogens (tertiary/aromatic N) is 2. The third kappa shape index (κ3) is 10.1. The van der Waals surface area contributed by atoms with Gasteiger partial charge in [-0.2, -0.15) is 0 Å². The molecule has 1 atom stereocenters. The van der Waals surface area contributed by atoms with Crippen molar-refractivity contribution in [2.24, 2.45) is 0 Å². The number of hydrogen-bond donors (Lipinski definition) is 3. The number of amides is 2. The molecule has 0 aliphatic carbocycles. The average Bonchev–Trinajstić information content (AvgIpc) is 3.19. The number of ether oxygens (including phenoxy) is 2. The summed E-state index contributed by atoms with van der Waals surface area (Å²) in [4.78, 5) is 30.0. The fourth-order valence-electron chi connectivity index (χ4n) is 3.45. The van der Waals surface area contributed by atoms with Gasteiger partial charge in [0.15, 0.2) is 5.89 Å². The van der Waals surface area contributed by atoms with Gasteiger partial charge in [-0.3, -0.25) is 15.6 Å². The molecule has 1 unspecified atom stereocenters. The van der Waals surface area contributed by atoms with Crippen LogP contribution in [0.15, 0.2) is 46.9 Å². The van der Waals surface area contributed by atoms with Crippen LogP contribution in [0.3, 0.4) is 0 Å². The highest BCUT2D eigenvalue weighted by atomic mass is 19.1.